The van der Waals surface area contributed by atoms with Crippen molar-refractivity contribution in [1.29, 1.82) is 5.26 Å². The highest BCUT2D eigenvalue weighted by Gasteiger charge is 2.18. The number of aromatic amines is 1. The Bertz CT molecular complexity index is 960. The van der Waals surface area contributed by atoms with Crippen LogP contribution in [0, 0.1) is 21.4 Å². The molecule has 2 aromatic heterocycles. The number of hydrogen-bond acceptors (Lipinski definition) is 7. The van der Waals surface area contributed by atoms with E-state index in [9.17, 15) is 19.7 Å². The predicted molar refractivity (Wildman–Crippen MR) is 105 cm³/mol. The first kappa shape index (κ1) is 23.1. The Kier molecular flexibility index (Phi) is 8.09. The number of carbonyl (C=O) groups is 1. The number of rotatable bonds is 2. The van der Waals surface area contributed by atoms with Gasteiger partial charge < -0.3 is 9.72 Å². The van der Waals surface area contributed by atoms with Crippen LogP contribution < -0.4 is 10.9 Å². The fraction of sp³-hybridized carbons (Fsp3) is 0.250. The number of pyridine rings is 2. The van der Waals surface area contributed by atoms with Crippen molar-refractivity contribution in [3.63, 3.8) is 0 Å². The molecule has 148 valence electrons. The highest BCUT2D eigenvalue weighted by Crippen LogP contribution is 2.26. The molecule has 10 nitrogen and oxygen atoms in total. The lowest BCUT2D eigenvalue weighted by molar-refractivity contribution is -0.385. The number of nitriles is 1. The number of ether oxygens (including phenoxy) is 1. The van der Waals surface area contributed by atoms with E-state index in [1.807, 2.05) is 6.07 Å². The molecular formula is C16H15BrClN5O5. The minimum atomic E-state index is -0.620. The smallest absolute Gasteiger partial charge is 0.412 e. The van der Waals surface area contributed by atoms with Gasteiger partial charge in [-0.3, -0.25) is 20.2 Å². The van der Waals surface area contributed by atoms with Crippen LogP contribution in [0.25, 0.3) is 0 Å². The molecule has 28 heavy (non-hydrogen) atoms. The minimum absolute atomic E-state index is 0.0817. The molecule has 0 unspecified atom stereocenters. The summed E-state index contributed by atoms with van der Waals surface area (Å²) in [4.78, 5) is 37.4. The predicted octanol–water partition coefficient (Wildman–Crippen LogP) is 4.00. The number of aromatic nitrogens is 2. The molecule has 0 bridgehead atoms. The number of halogens is 2. The van der Waals surface area contributed by atoms with Crippen LogP contribution in [-0.2, 0) is 4.74 Å². The van der Waals surface area contributed by atoms with Crippen LogP contribution in [0.3, 0.4) is 0 Å². The molecule has 0 aliphatic rings. The van der Waals surface area contributed by atoms with Crippen LogP contribution in [0.1, 0.15) is 26.5 Å². The maximum absolute atomic E-state index is 11.6. The molecule has 0 fully saturated rings. The van der Waals surface area contributed by atoms with Gasteiger partial charge in [0, 0.05) is 12.1 Å². The molecule has 12 heteroatoms. The first-order chi connectivity index (χ1) is 12.9. The van der Waals surface area contributed by atoms with E-state index in [2.05, 4.69) is 31.2 Å². The summed E-state index contributed by atoms with van der Waals surface area (Å²) in [5.41, 5.74) is -0.628. The molecule has 0 saturated carbocycles. The molecular weight excluding hydrogens is 458 g/mol. The van der Waals surface area contributed by atoms with Crippen LogP contribution >= 0.6 is 27.5 Å². The second kappa shape index (κ2) is 9.82. The van der Waals surface area contributed by atoms with Gasteiger partial charge in [0.2, 0.25) is 5.56 Å². The molecule has 0 aliphatic carbocycles. The van der Waals surface area contributed by atoms with Gasteiger partial charge in [-0.25, -0.2) is 9.78 Å². The first-order valence-corrected chi connectivity index (χ1v) is 8.69. The van der Waals surface area contributed by atoms with Gasteiger partial charge in [-0.15, -0.1) is 0 Å². The molecule has 0 aliphatic heterocycles. The van der Waals surface area contributed by atoms with Gasteiger partial charge in [0.15, 0.2) is 5.69 Å². The summed E-state index contributed by atoms with van der Waals surface area (Å²) >= 11 is 8.96. The highest BCUT2D eigenvalue weighted by atomic mass is 79.9. The number of nitro groups is 1. The number of carbonyl (C=O) groups excluding carboxylic acids is 1. The van der Waals surface area contributed by atoms with E-state index >= 15 is 0 Å². The highest BCUT2D eigenvalue weighted by molar-refractivity contribution is 9.10. The number of nitrogens with one attached hydrogen (secondary N) is 2. The van der Waals surface area contributed by atoms with Crippen molar-refractivity contribution < 1.29 is 14.5 Å². The van der Waals surface area contributed by atoms with Gasteiger partial charge in [-0.2, -0.15) is 5.26 Å². The summed E-state index contributed by atoms with van der Waals surface area (Å²) in [7, 11) is 0. The summed E-state index contributed by atoms with van der Waals surface area (Å²) < 4.78 is 5.40. The third kappa shape index (κ3) is 7.73. The Hall–Kier alpha value is -2.97. The Morgan fingerprint density at radius 3 is 2.57 bits per heavy atom. The molecule has 0 spiro atoms. The number of hydrogen-bond donors (Lipinski definition) is 2. The summed E-state index contributed by atoms with van der Waals surface area (Å²) in [5.74, 6) is 0. The van der Waals surface area contributed by atoms with Gasteiger partial charge in [-0.1, -0.05) is 11.6 Å². The van der Waals surface area contributed by atoms with Crippen molar-refractivity contribution in [3.05, 3.63) is 60.2 Å². The normalized spacial score (nSPS) is 10.1. The zero-order chi connectivity index (χ0) is 21.5. The Morgan fingerprint density at radius 2 is 2.11 bits per heavy atom. The topological polar surface area (TPSA) is 151 Å². The lowest BCUT2D eigenvalue weighted by Crippen LogP contribution is -2.27. The van der Waals surface area contributed by atoms with Crippen LogP contribution in [0.15, 0.2) is 33.8 Å². The fourth-order valence-electron chi connectivity index (χ4n) is 1.56. The largest absolute Gasteiger partial charge is 0.444 e. The lowest BCUT2D eigenvalue weighted by Gasteiger charge is -2.19. The van der Waals surface area contributed by atoms with E-state index in [1.165, 1.54) is 6.07 Å². The monoisotopic (exact) mass is 471 g/mol. The second-order valence-corrected chi connectivity index (χ2v) is 7.22. The van der Waals surface area contributed by atoms with E-state index in [0.29, 0.717) is 10.3 Å². The Labute approximate surface area is 172 Å². The molecule has 0 aromatic carbocycles. The van der Waals surface area contributed by atoms with Gasteiger partial charge in [0.05, 0.1) is 21.8 Å². The van der Waals surface area contributed by atoms with Crippen LogP contribution in [0.2, 0.25) is 5.02 Å². The summed E-state index contributed by atoms with van der Waals surface area (Å²) in [6.07, 6.45) is 0.438. The lowest BCUT2D eigenvalue weighted by atomic mass is 10.2. The average Bonchev–Trinajstić information content (AvgIpc) is 2.57. The summed E-state index contributed by atoms with van der Waals surface area (Å²) in [6.45, 7) is 5.27. The van der Waals surface area contributed by atoms with E-state index in [-0.39, 0.29) is 22.0 Å². The Morgan fingerprint density at radius 1 is 1.46 bits per heavy atom. The number of nitrogens with zero attached hydrogens (tertiary/aromatic N) is 3. The van der Waals surface area contributed by atoms with Gasteiger partial charge in [0.1, 0.15) is 16.3 Å². The zero-order valence-electron chi connectivity index (χ0n) is 14.9. The van der Waals surface area contributed by atoms with E-state index in [0.717, 1.165) is 18.3 Å². The maximum Gasteiger partial charge on any atom is 0.412 e. The standard InChI is InChI=1S/C11H11BrClN3O2.C5H4N2O3/c1-11(2,3)18-10(17)16-7-4-6(13)8(5-14)15-9(7)12;8-5-2-1-4(3-6-5)7(9)10/h4H,1-3H3,(H,16,17);1-3H,(H,6,8). The first-order valence-electron chi connectivity index (χ1n) is 7.52. The summed E-state index contributed by atoms with van der Waals surface area (Å²) in [5, 5.41) is 21.4. The molecule has 2 heterocycles. The van der Waals surface area contributed by atoms with Gasteiger partial charge in [0.25, 0.3) is 5.69 Å². The molecule has 2 N–H and O–H groups in total. The number of anilines is 1. The SMILES string of the molecule is CC(C)(C)OC(=O)Nc1cc(Cl)c(C#N)nc1Br.O=c1ccc([N+](=O)[O-])c[nH]1. The van der Waals surface area contributed by atoms with Crippen molar-refractivity contribution in [2.75, 3.05) is 5.32 Å². The summed E-state index contributed by atoms with van der Waals surface area (Å²) in [6, 6.07) is 5.53. The molecule has 0 radical (unpaired) electrons. The second-order valence-electron chi connectivity index (χ2n) is 6.06. The average molecular weight is 473 g/mol. The number of H-pyrrole nitrogens is 1. The third-order valence-electron chi connectivity index (χ3n) is 2.65. The van der Waals surface area contributed by atoms with Gasteiger partial charge in [-0.05, 0) is 42.8 Å². The molecule has 2 aromatic rings. The van der Waals surface area contributed by atoms with Crippen molar-refractivity contribution in [2.45, 2.75) is 26.4 Å². The van der Waals surface area contributed by atoms with Gasteiger partial charge >= 0.3 is 6.09 Å². The molecule has 1 amide bonds. The number of amides is 1. The van der Waals surface area contributed by atoms with Crippen LogP contribution in [0.4, 0.5) is 16.2 Å². The minimum Gasteiger partial charge on any atom is -0.444 e. The van der Waals surface area contributed by atoms with E-state index in [1.54, 1.807) is 20.8 Å². The Balaban J connectivity index is 0.000000330. The van der Waals surface area contributed by atoms with Crippen LogP contribution in [-0.4, -0.2) is 26.6 Å². The fourth-order valence-corrected chi connectivity index (χ4v) is 2.15. The van der Waals surface area contributed by atoms with Crippen molar-refractivity contribution in [2.24, 2.45) is 0 Å². The molecule has 2 rings (SSSR count). The van der Waals surface area contributed by atoms with Crippen molar-refractivity contribution >= 4 is 45.0 Å². The van der Waals surface area contributed by atoms with Crippen LogP contribution in [0.5, 0.6) is 0 Å². The van der Waals surface area contributed by atoms with Crippen molar-refractivity contribution in [1.82, 2.24) is 9.97 Å². The third-order valence-corrected chi connectivity index (χ3v) is 3.54. The quantitative estimate of drug-likeness (QED) is 0.381. The van der Waals surface area contributed by atoms with E-state index in [4.69, 9.17) is 21.6 Å². The maximum atomic E-state index is 11.6. The van der Waals surface area contributed by atoms with E-state index < -0.39 is 16.6 Å². The zero-order valence-corrected chi connectivity index (χ0v) is 17.3. The molecule has 0 saturated heterocycles. The van der Waals surface area contributed by atoms with Crippen molar-refractivity contribution in [3.8, 4) is 6.07 Å². The molecule has 0 atom stereocenters.